The van der Waals surface area contributed by atoms with Crippen LogP contribution in [0.25, 0.3) is 0 Å². The van der Waals surface area contributed by atoms with Crippen LogP contribution in [0.5, 0.6) is 0 Å². The van der Waals surface area contributed by atoms with Crippen LogP contribution in [0.1, 0.15) is 43.5 Å². The molecule has 0 aliphatic rings. The number of rotatable bonds is 7. The molecule has 0 unspecified atom stereocenters. The summed E-state index contributed by atoms with van der Waals surface area (Å²) in [5, 5.41) is 5.82. The molecule has 0 saturated heterocycles. The van der Waals surface area contributed by atoms with Crippen LogP contribution in [0.2, 0.25) is 0 Å². The van der Waals surface area contributed by atoms with E-state index in [1.807, 2.05) is 19.9 Å². The maximum atomic E-state index is 12.0. The summed E-state index contributed by atoms with van der Waals surface area (Å²) in [6.07, 6.45) is -4.60. The van der Waals surface area contributed by atoms with Crippen molar-refractivity contribution in [1.29, 1.82) is 0 Å². The van der Waals surface area contributed by atoms with Crippen molar-refractivity contribution in [2.75, 3.05) is 11.9 Å². The Labute approximate surface area is 122 Å². The van der Waals surface area contributed by atoms with E-state index in [0.29, 0.717) is 12.0 Å². The zero-order valence-electron chi connectivity index (χ0n) is 12.3. The Hall–Kier alpha value is -1.72. The van der Waals surface area contributed by atoms with E-state index in [9.17, 15) is 18.0 Å². The number of halogens is 3. The molecule has 0 bridgehead atoms. The minimum Gasteiger partial charge on any atom is -0.382 e. The molecule has 0 fully saturated rings. The van der Waals surface area contributed by atoms with Gasteiger partial charge in [-0.2, -0.15) is 13.2 Å². The van der Waals surface area contributed by atoms with E-state index >= 15 is 0 Å². The van der Waals surface area contributed by atoms with E-state index in [-0.39, 0.29) is 24.9 Å². The van der Waals surface area contributed by atoms with E-state index < -0.39 is 12.6 Å². The Morgan fingerprint density at radius 2 is 1.86 bits per heavy atom. The monoisotopic (exact) mass is 302 g/mol. The first kappa shape index (κ1) is 17.3. The lowest BCUT2D eigenvalue weighted by atomic mass is 10.1. The van der Waals surface area contributed by atoms with Crippen LogP contribution in [-0.2, 0) is 0 Å². The van der Waals surface area contributed by atoms with Crippen molar-refractivity contribution < 1.29 is 18.0 Å². The third-order valence-electron chi connectivity index (χ3n) is 2.79. The molecule has 0 radical (unpaired) electrons. The van der Waals surface area contributed by atoms with Crippen LogP contribution >= 0.6 is 0 Å². The Morgan fingerprint density at radius 1 is 1.19 bits per heavy atom. The molecular formula is C15H21F3N2O. The van der Waals surface area contributed by atoms with Gasteiger partial charge in [0.1, 0.15) is 0 Å². The van der Waals surface area contributed by atoms with Crippen LogP contribution in [0.4, 0.5) is 18.9 Å². The van der Waals surface area contributed by atoms with Gasteiger partial charge >= 0.3 is 6.18 Å². The molecule has 118 valence electrons. The summed E-state index contributed by atoms with van der Waals surface area (Å²) in [6.45, 7) is 4.17. The number of hydrogen-bond acceptors (Lipinski definition) is 2. The van der Waals surface area contributed by atoms with Crippen LogP contribution in [0.15, 0.2) is 24.3 Å². The number of nitrogens with one attached hydrogen (secondary N) is 2. The minimum absolute atomic E-state index is 0.0235. The average molecular weight is 302 g/mol. The highest BCUT2D eigenvalue weighted by Gasteiger charge is 2.25. The second-order valence-corrected chi connectivity index (χ2v) is 5.17. The van der Waals surface area contributed by atoms with Gasteiger partial charge in [0, 0.05) is 24.7 Å². The maximum absolute atomic E-state index is 12.0. The zero-order chi connectivity index (χ0) is 15.9. The van der Waals surface area contributed by atoms with Gasteiger partial charge in [0.2, 0.25) is 0 Å². The topological polar surface area (TPSA) is 41.1 Å². The summed E-state index contributed by atoms with van der Waals surface area (Å²) < 4.78 is 36.0. The first-order valence-corrected chi connectivity index (χ1v) is 7.00. The van der Waals surface area contributed by atoms with Crippen LogP contribution < -0.4 is 10.6 Å². The van der Waals surface area contributed by atoms with Crippen LogP contribution in [-0.4, -0.2) is 24.7 Å². The van der Waals surface area contributed by atoms with Crippen LogP contribution in [0.3, 0.4) is 0 Å². The van der Waals surface area contributed by atoms with Gasteiger partial charge in [-0.25, -0.2) is 0 Å². The van der Waals surface area contributed by atoms with Crippen molar-refractivity contribution >= 4 is 11.6 Å². The molecule has 0 aromatic heterocycles. The molecule has 1 aromatic rings. The third kappa shape index (κ3) is 7.02. The molecule has 1 amide bonds. The zero-order valence-corrected chi connectivity index (χ0v) is 12.3. The van der Waals surface area contributed by atoms with Gasteiger partial charge in [0.05, 0.1) is 5.56 Å². The maximum Gasteiger partial charge on any atom is 0.389 e. The van der Waals surface area contributed by atoms with Gasteiger partial charge in [0.15, 0.2) is 0 Å². The van der Waals surface area contributed by atoms with Crippen molar-refractivity contribution in [3.63, 3.8) is 0 Å². The lowest BCUT2D eigenvalue weighted by Gasteiger charge is -2.14. The fourth-order valence-electron chi connectivity index (χ4n) is 1.87. The number of anilines is 1. The van der Waals surface area contributed by atoms with Gasteiger partial charge in [-0.1, -0.05) is 12.1 Å². The Kier molecular flexibility index (Phi) is 6.52. The number of hydrogen-bond donors (Lipinski definition) is 2. The van der Waals surface area contributed by atoms with Gasteiger partial charge in [-0.3, -0.25) is 4.79 Å². The van der Waals surface area contributed by atoms with E-state index in [1.165, 1.54) is 0 Å². The molecule has 0 heterocycles. The number of alkyl halides is 3. The number of para-hydroxylation sites is 1. The molecular weight excluding hydrogens is 281 g/mol. The SMILES string of the molecule is CC(C)Nc1ccccc1C(=O)NCCCCC(F)(F)F. The molecule has 1 aromatic carbocycles. The molecule has 0 saturated carbocycles. The van der Waals surface area contributed by atoms with Crippen molar-refractivity contribution in [3.8, 4) is 0 Å². The average Bonchev–Trinajstić information content (AvgIpc) is 2.36. The quantitative estimate of drug-likeness (QED) is 0.748. The van der Waals surface area contributed by atoms with Crippen molar-refractivity contribution in [2.24, 2.45) is 0 Å². The number of carbonyl (C=O) groups excluding carboxylic acids is 1. The third-order valence-corrected chi connectivity index (χ3v) is 2.79. The van der Waals surface area contributed by atoms with Gasteiger partial charge in [0.25, 0.3) is 5.91 Å². The molecule has 0 spiro atoms. The molecule has 2 N–H and O–H groups in total. The fourth-order valence-corrected chi connectivity index (χ4v) is 1.87. The highest BCUT2D eigenvalue weighted by molar-refractivity contribution is 5.99. The highest BCUT2D eigenvalue weighted by Crippen LogP contribution is 2.22. The van der Waals surface area contributed by atoms with Crippen molar-refractivity contribution in [2.45, 2.75) is 45.3 Å². The smallest absolute Gasteiger partial charge is 0.382 e. The Morgan fingerprint density at radius 3 is 2.48 bits per heavy atom. The second kappa shape index (κ2) is 7.90. The summed E-state index contributed by atoms with van der Waals surface area (Å²) >= 11 is 0. The minimum atomic E-state index is -4.13. The number of amides is 1. The number of carbonyl (C=O) groups is 1. The summed E-state index contributed by atoms with van der Waals surface area (Å²) in [6, 6.07) is 7.26. The first-order chi connectivity index (χ1) is 9.79. The van der Waals surface area contributed by atoms with E-state index in [2.05, 4.69) is 10.6 Å². The molecule has 1 rings (SSSR count). The molecule has 0 aliphatic carbocycles. The first-order valence-electron chi connectivity index (χ1n) is 7.00. The van der Waals surface area contributed by atoms with Gasteiger partial charge < -0.3 is 10.6 Å². The predicted octanol–water partition coefficient (Wildman–Crippen LogP) is 3.97. The summed E-state index contributed by atoms with van der Waals surface area (Å²) in [5.74, 6) is -0.272. The fraction of sp³-hybridized carbons (Fsp3) is 0.533. The Bertz CT molecular complexity index is 458. The summed E-state index contributed by atoms with van der Waals surface area (Å²) in [5.41, 5.74) is 1.22. The lowest BCUT2D eigenvalue weighted by molar-refractivity contribution is -0.135. The molecule has 21 heavy (non-hydrogen) atoms. The standard InChI is InChI=1S/C15H21F3N2O/c1-11(2)20-13-8-4-3-7-12(13)14(21)19-10-6-5-9-15(16,17)18/h3-4,7-8,11,20H,5-6,9-10H2,1-2H3,(H,19,21). The highest BCUT2D eigenvalue weighted by atomic mass is 19.4. The van der Waals surface area contributed by atoms with E-state index in [1.54, 1.807) is 18.2 Å². The number of unbranched alkanes of at least 4 members (excludes halogenated alkanes) is 1. The molecule has 0 atom stereocenters. The second-order valence-electron chi connectivity index (χ2n) is 5.17. The van der Waals surface area contributed by atoms with Crippen LogP contribution in [0, 0.1) is 0 Å². The predicted molar refractivity (Wildman–Crippen MR) is 77.4 cm³/mol. The molecule has 6 heteroatoms. The summed E-state index contributed by atoms with van der Waals surface area (Å²) in [4.78, 5) is 12.0. The van der Waals surface area contributed by atoms with Crippen molar-refractivity contribution in [3.05, 3.63) is 29.8 Å². The molecule has 3 nitrogen and oxygen atoms in total. The van der Waals surface area contributed by atoms with E-state index in [4.69, 9.17) is 0 Å². The summed E-state index contributed by atoms with van der Waals surface area (Å²) in [7, 11) is 0. The van der Waals surface area contributed by atoms with Gasteiger partial charge in [-0.15, -0.1) is 0 Å². The normalized spacial score (nSPS) is 11.5. The largest absolute Gasteiger partial charge is 0.389 e. The Balaban J connectivity index is 2.45. The van der Waals surface area contributed by atoms with E-state index in [0.717, 1.165) is 5.69 Å². The number of benzene rings is 1. The lowest BCUT2D eigenvalue weighted by Crippen LogP contribution is -2.26. The van der Waals surface area contributed by atoms with Gasteiger partial charge in [-0.05, 0) is 38.8 Å². The molecule has 0 aliphatic heterocycles. The van der Waals surface area contributed by atoms with Crippen molar-refractivity contribution in [1.82, 2.24) is 5.32 Å².